The number of pyridine rings is 2. The smallest absolute Gasteiger partial charge is 0.257 e. The summed E-state index contributed by atoms with van der Waals surface area (Å²) < 4.78 is 2.52. The van der Waals surface area contributed by atoms with Gasteiger partial charge in [-0.3, -0.25) is 9.78 Å². The lowest BCUT2D eigenvalue weighted by Gasteiger charge is -2.09. The van der Waals surface area contributed by atoms with E-state index in [0.717, 1.165) is 15.7 Å². The lowest BCUT2D eigenvalue weighted by molar-refractivity contribution is 0.102. The van der Waals surface area contributed by atoms with Crippen molar-refractivity contribution < 1.29 is 4.79 Å². The molecule has 3 heterocycles. The second-order valence-electron chi connectivity index (χ2n) is 6.04. The number of aryl methyl sites for hydroxylation is 1. The number of amides is 1. The van der Waals surface area contributed by atoms with Crippen molar-refractivity contribution >= 4 is 27.5 Å². The third-order valence-electron chi connectivity index (χ3n) is 4.11. The Morgan fingerprint density at radius 2 is 2.04 bits per heavy atom. The van der Waals surface area contributed by atoms with Gasteiger partial charge >= 0.3 is 0 Å². The van der Waals surface area contributed by atoms with Crippen molar-refractivity contribution in [2.24, 2.45) is 0 Å². The SMILES string of the molecule is Cc1nc(-c2cccc(Br)c2)ccc1C(=O)Nc1ccc(-n2cncn2)nc1. The molecule has 0 fully saturated rings. The number of carbonyl (C=O) groups is 1. The summed E-state index contributed by atoms with van der Waals surface area (Å²) in [6.45, 7) is 1.82. The maximum Gasteiger partial charge on any atom is 0.257 e. The Morgan fingerprint density at radius 1 is 1.14 bits per heavy atom. The topological polar surface area (TPSA) is 85.6 Å². The predicted octanol–water partition coefficient (Wildman–Crippen LogP) is 4.05. The van der Waals surface area contributed by atoms with Crippen molar-refractivity contribution in [3.05, 3.63) is 83.1 Å². The van der Waals surface area contributed by atoms with Gasteiger partial charge < -0.3 is 5.32 Å². The van der Waals surface area contributed by atoms with Gasteiger partial charge in [0.15, 0.2) is 5.82 Å². The highest BCUT2D eigenvalue weighted by molar-refractivity contribution is 9.10. The number of hydrogen-bond donors (Lipinski definition) is 1. The van der Waals surface area contributed by atoms with Crippen molar-refractivity contribution in [2.75, 3.05) is 5.32 Å². The van der Waals surface area contributed by atoms with E-state index in [1.54, 1.807) is 35.4 Å². The predicted molar refractivity (Wildman–Crippen MR) is 109 cm³/mol. The number of benzene rings is 1. The van der Waals surface area contributed by atoms with Crippen LogP contribution < -0.4 is 5.32 Å². The van der Waals surface area contributed by atoms with E-state index in [0.29, 0.717) is 22.8 Å². The van der Waals surface area contributed by atoms with Crippen LogP contribution in [-0.2, 0) is 0 Å². The van der Waals surface area contributed by atoms with E-state index < -0.39 is 0 Å². The molecule has 0 unspecified atom stereocenters. The summed E-state index contributed by atoms with van der Waals surface area (Å²) in [5, 5.41) is 6.87. The zero-order chi connectivity index (χ0) is 19.5. The van der Waals surface area contributed by atoms with Crippen LogP contribution in [0, 0.1) is 6.92 Å². The molecule has 0 aliphatic carbocycles. The Morgan fingerprint density at radius 3 is 2.71 bits per heavy atom. The van der Waals surface area contributed by atoms with E-state index in [4.69, 9.17) is 0 Å². The fourth-order valence-corrected chi connectivity index (χ4v) is 3.13. The Bertz CT molecular complexity index is 1130. The number of hydrogen-bond acceptors (Lipinski definition) is 5. The second kappa shape index (κ2) is 7.69. The number of halogens is 1. The molecule has 28 heavy (non-hydrogen) atoms. The third-order valence-corrected chi connectivity index (χ3v) is 4.60. The molecule has 0 saturated heterocycles. The first-order valence-electron chi connectivity index (χ1n) is 8.46. The second-order valence-corrected chi connectivity index (χ2v) is 6.95. The highest BCUT2D eigenvalue weighted by Gasteiger charge is 2.12. The highest BCUT2D eigenvalue weighted by Crippen LogP contribution is 2.23. The van der Waals surface area contributed by atoms with Gasteiger partial charge in [-0.2, -0.15) is 5.10 Å². The molecule has 1 N–H and O–H groups in total. The van der Waals surface area contributed by atoms with E-state index in [1.807, 2.05) is 37.3 Å². The number of rotatable bonds is 4. The maximum absolute atomic E-state index is 12.6. The molecule has 0 aliphatic rings. The molecule has 0 aliphatic heterocycles. The van der Waals surface area contributed by atoms with Crippen molar-refractivity contribution in [1.29, 1.82) is 0 Å². The fourth-order valence-electron chi connectivity index (χ4n) is 2.73. The minimum atomic E-state index is -0.235. The van der Waals surface area contributed by atoms with Crippen LogP contribution >= 0.6 is 15.9 Å². The van der Waals surface area contributed by atoms with Gasteiger partial charge in [0.25, 0.3) is 5.91 Å². The Balaban J connectivity index is 1.52. The van der Waals surface area contributed by atoms with Crippen LogP contribution in [0.3, 0.4) is 0 Å². The quantitative estimate of drug-likeness (QED) is 0.523. The van der Waals surface area contributed by atoms with Crippen LogP contribution in [0.5, 0.6) is 0 Å². The zero-order valence-electron chi connectivity index (χ0n) is 14.9. The van der Waals surface area contributed by atoms with Crippen LogP contribution in [0.15, 0.2) is 71.9 Å². The molecule has 8 heteroatoms. The average molecular weight is 435 g/mol. The molecule has 0 atom stereocenters. The molecule has 3 aromatic heterocycles. The van der Waals surface area contributed by atoms with Crippen molar-refractivity contribution in [2.45, 2.75) is 6.92 Å². The zero-order valence-corrected chi connectivity index (χ0v) is 16.5. The normalized spacial score (nSPS) is 10.6. The lowest BCUT2D eigenvalue weighted by Crippen LogP contribution is -2.14. The molecule has 0 spiro atoms. The number of anilines is 1. The van der Waals surface area contributed by atoms with Gasteiger partial charge in [-0.1, -0.05) is 28.1 Å². The van der Waals surface area contributed by atoms with Crippen molar-refractivity contribution in [1.82, 2.24) is 24.7 Å². The summed E-state index contributed by atoms with van der Waals surface area (Å²) in [4.78, 5) is 25.4. The highest BCUT2D eigenvalue weighted by atomic mass is 79.9. The molecule has 4 aromatic rings. The van der Waals surface area contributed by atoms with Gasteiger partial charge in [-0.05, 0) is 43.3 Å². The number of aromatic nitrogens is 5. The van der Waals surface area contributed by atoms with Crippen LogP contribution in [0.2, 0.25) is 0 Å². The largest absolute Gasteiger partial charge is 0.321 e. The standard InChI is InChI=1S/C20H15BrN6O/c1-13-17(6-7-18(25-13)14-3-2-4-15(21)9-14)20(28)26-16-5-8-19(23-10-16)27-12-22-11-24-27/h2-12H,1H3,(H,26,28). The first-order chi connectivity index (χ1) is 13.6. The van der Waals surface area contributed by atoms with Gasteiger partial charge in [-0.15, -0.1) is 0 Å². The molecule has 0 saturated carbocycles. The minimum Gasteiger partial charge on any atom is -0.321 e. The van der Waals surface area contributed by atoms with Crippen molar-refractivity contribution in [3.63, 3.8) is 0 Å². The van der Waals surface area contributed by atoms with Crippen LogP contribution in [-0.4, -0.2) is 30.6 Å². The Hall–Kier alpha value is -3.39. The average Bonchev–Trinajstić information content (AvgIpc) is 3.23. The van der Waals surface area contributed by atoms with Crippen LogP contribution in [0.4, 0.5) is 5.69 Å². The Labute approximate surface area is 169 Å². The van der Waals surface area contributed by atoms with E-state index >= 15 is 0 Å². The lowest BCUT2D eigenvalue weighted by atomic mass is 10.1. The van der Waals surface area contributed by atoms with Crippen LogP contribution in [0.1, 0.15) is 16.1 Å². The molecule has 0 radical (unpaired) electrons. The maximum atomic E-state index is 12.6. The number of carbonyl (C=O) groups excluding carboxylic acids is 1. The summed E-state index contributed by atoms with van der Waals surface area (Å²) in [5.74, 6) is 0.382. The summed E-state index contributed by atoms with van der Waals surface area (Å²) in [7, 11) is 0. The first kappa shape index (κ1) is 18.0. The van der Waals surface area contributed by atoms with Crippen LogP contribution in [0.25, 0.3) is 17.1 Å². The molecule has 0 bridgehead atoms. The molecule has 1 amide bonds. The number of nitrogens with one attached hydrogen (secondary N) is 1. The van der Waals surface area contributed by atoms with E-state index in [-0.39, 0.29) is 5.91 Å². The molecule has 1 aromatic carbocycles. The summed E-state index contributed by atoms with van der Waals surface area (Å²) in [6, 6.07) is 15.0. The first-order valence-corrected chi connectivity index (χ1v) is 9.25. The summed E-state index contributed by atoms with van der Waals surface area (Å²) >= 11 is 3.46. The van der Waals surface area contributed by atoms with E-state index in [2.05, 4.69) is 41.3 Å². The molecule has 138 valence electrons. The molecule has 7 nitrogen and oxygen atoms in total. The van der Waals surface area contributed by atoms with Gasteiger partial charge in [0, 0.05) is 10.0 Å². The van der Waals surface area contributed by atoms with Gasteiger partial charge in [0.2, 0.25) is 0 Å². The summed E-state index contributed by atoms with van der Waals surface area (Å²) in [5.41, 5.74) is 3.55. The fraction of sp³-hybridized carbons (Fsp3) is 0.0500. The van der Waals surface area contributed by atoms with Gasteiger partial charge in [0.05, 0.1) is 28.8 Å². The molecular weight excluding hydrogens is 420 g/mol. The third kappa shape index (κ3) is 3.81. The molecular formula is C20H15BrN6O. The van der Waals surface area contributed by atoms with E-state index in [9.17, 15) is 4.79 Å². The Kier molecular flexibility index (Phi) is 4.94. The van der Waals surface area contributed by atoms with Gasteiger partial charge in [0.1, 0.15) is 12.7 Å². The van der Waals surface area contributed by atoms with Gasteiger partial charge in [-0.25, -0.2) is 14.6 Å². The summed E-state index contributed by atoms with van der Waals surface area (Å²) in [6.07, 6.45) is 4.57. The number of nitrogens with zero attached hydrogens (tertiary/aromatic N) is 5. The minimum absolute atomic E-state index is 0.235. The molecule has 4 rings (SSSR count). The monoisotopic (exact) mass is 434 g/mol. The van der Waals surface area contributed by atoms with E-state index in [1.165, 1.54) is 6.33 Å². The van der Waals surface area contributed by atoms with Crippen molar-refractivity contribution in [3.8, 4) is 17.1 Å².